The Bertz CT molecular complexity index is 1550. The van der Waals surface area contributed by atoms with Gasteiger partial charge in [0.2, 0.25) is 0 Å². The first-order valence-corrected chi connectivity index (χ1v) is 15.7. The summed E-state index contributed by atoms with van der Waals surface area (Å²) in [6.07, 6.45) is 6.85. The predicted octanol–water partition coefficient (Wildman–Crippen LogP) is 8.40. The average Bonchev–Trinajstić information content (AvgIpc) is 3.08. The number of hydrogen-bond donors (Lipinski definition) is 1. The van der Waals surface area contributed by atoms with Gasteiger partial charge >= 0.3 is 5.97 Å². The second kappa shape index (κ2) is 12.4. The maximum atomic E-state index is 14.2. The molecule has 3 aromatic rings. The fourth-order valence-electron chi connectivity index (χ4n) is 6.34. The number of fused-ring (bicyclic) bond motifs is 3. The molecule has 0 radical (unpaired) electrons. The van der Waals surface area contributed by atoms with E-state index in [1.165, 1.54) is 17.7 Å². The number of rotatable bonds is 6. The van der Waals surface area contributed by atoms with Crippen molar-refractivity contribution in [1.82, 2.24) is 4.98 Å². The van der Waals surface area contributed by atoms with E-state index in [1.807, 2.05) is 52.8 Å². The largest absolute Gasteiger partial charge is 0.460 e. The van der Waals surface area contributed by atoms with Crippen LogP contribution in [-0.4, -0.2) is 34.5 Å². The summed E-state index contributed by atoms with van der Waals surface area (Å²) < 4.78 is 32.2. The Hall–Kier alpha value is -3.55. The molecule has 1 aromatic heterocycles. The third-order valence-corrected chi connectivity index (χ3v) is 7.95. The lowest BCUT2D eigenvalue weighted by Gasteiger charge is -2.40. The highest BCUT2D eigenvalue weighted by molar-refractivity contribution is 5.93. The van der Waals surface area contributed by atoms with Crippen molar-refractivity contribution in [2.45, 2.75) is 110 Å². The van der Waals surface area contributed by atoms with Gasteiger partial charge in [0.25, 0.3) is 0 Å². The van der Waals surface area contributed by atoms with Gasteiger partial charge < -0.3 is 19.9 Å². The first kappa shape index (κ1) is 31.9. The van der Waals surface area contributed by atoms with Gasteiger partial charge in [-0.1, -0.05) is 44.2 Å². The van der Waals surface area contributed by atoms with Gasteiger partial charge in [-0.15, -0.1) is 0 Å². The number of carbonyl (C=O) groups is 1. The quantitative estimate of drug-likeness (QED) is 0.226. The first-order chi connectivity index (χ1) is 20.7. The molecule has 7 heteroatoms. The van der Waals surface area contributed by atoms with Crippen molar-refractivity contribution in [3.05, 3.63) is 76.9 Å². The number of anilines is 1. The summed E-state index contributed by atoms with van der Waals surface area (Å²) in [7, 11) is 0. The summed E-state index contributed by atoms with van der Waals surface area (Å²) in [5.74, 6) is -1.32. The van der Waals surface area contributed by atoms with Gasteiger partial charge in [0.05, 0.1) is 24.3 Å². The van der Waals surface area contributed by atoms with Crippen LogP contribution in [0.4, 0.5) is 10.1 Å². The Balaban J connectivity index is 1.62. The number of esters is 1. The summed E-state index contributed by atoms with van der Waals surface area (Å²) in [5.41, 5.74) is 14.7. The van der Waals surface area contributed by atoms with Gasteiger partial charge in [0.15, 0.2) is 5.79 Å². The number of halogens is 1. The molecule has 5 rings (SSSR count). The highest BCUT2D eigenvalue weighted by Gasteiger charge is 2.36. The van der Waals surface area contributed by atoms with Crippen molar-refractivity contribution in [2.24, 2.45) is 0 Å². The van der Waals surface area contributed by atoms with E-state index >= 15 is 0 Å². The molecule has 234 valence electrons. The van der Waals surface area contributed by atoms with Crippen LogP contribution in [0.2, 0.25) is 0 Å². The number of aromatic nitrogens is 1. The van der Waals surface area contributed by atoms with E-state index in [4.69, 9.17) is 24.9 Å². The number of nitrogen functional groups attached to an aromatic ring is 1. The minimum Gasteiger partial charge on any atom is -0.460 e. The Labute approximate surface area is 260 Å². The molecule has 44 heavy (non-hydrogen) atoms. The number of nitrogens with two attached hydrogens (primary N) is 1. The van der Waals surface area contributed by atoms with Crippen LogP contribution in [0, 0.1) is 5.82 Å². The lowest BCUT2D eigenvalue weighted by molar-refractivity contribution is -0.290. The molecule has 2 heterocycles. The zero-order valence-corrected chi connectivity index (χ0v) is 27.0. The first-order valence-electron chi connectivity index (χ1n) is 15.7. The molecule has 0 spiro atoms. The van der Waals surface area contributed by atoms with Crippen molar-refractivity contribution in [1.29, 1.82) is 0 Å². The molecule has 1 aliphatic carbocycles. The zero-order chi connectivity index (χ0) is 31.8. The molecule has 2 N–H and O–H groups in total. The highest BCUT2D eigenvalue weighted by atomic mass is 19.1. The van der Waals surface area contributed by atoms with E-state index in [9.17, 15) is 9.18 Å². The topological polar surface area (TPSA) is 83.7 Å². The van der Waals surface area contributed by atoms with E-state index in [1.54, 1.807) is 0 Å². The molecule has 0 unspecified atom stereocenters. The van der Waals surface area contributed by atoms with Crippen LogP contribution < -0.4 is 5.73 Å². The molecule has 0 bridgehead atoms. The third kappa shape index (κ3) is 7.39. The maximum Gasteiger partial charge on any atom is 0.308 e. The fourth-order valence-corrected chi connectivity index (χ4v) is 6.34. The molecule has 2 aliphatic rings. The normalized spacial score (nSPS) is 19.8. The van der Waals surface area contributed by atoms with Gasteiger partial charge in [0.1, 0.15) is 11.4 Å². The lowest BCUT2D eigenvalue weighted by Crippen LogP contribution is -2.45. The van der Waals surface area contributed by atoms with E-state index in [0.717, 1.165) is 64.2 Å². The molecule has 1 saturated heterocycles. The second-order valence-electron chi connectivity index (χ2n) is 13.7. The van der Waals surface area contributed by atoms with Gasteiger partial charge in [0, 0.05) is 34.5 Å². The van der Waals surface area contributed by atoms with Crippen LogP contribution in [0.25, 0.3) is 28.3 Å². The van der Waals surface area contributed by atoms with Crippen LogP contribution in [0.15, 0.2) is 48.5 Å². The summed E-state index contributed by atoms with van der Waals surface area (Å²) in [5, 5.41) is 0. The smallest absolute Gasteiger partial charge is 0.308 e. The number of aryl methyl sites for hydroxylation is 2. The van der Waals surface area contributed by atoms with Crippen molar-refractivity contribution in [3.63, 3.8) is 0 Å². The predicted molar refractivity (Wildman–Crippen MR) is 174 cm³/mol. The molecular formula is C37H45FN2O4. The standard InChI is InChI=1S/C37H45FN2O4/c1-22(2)35-30(18-16-27-20-28(43-37(6,7)42-27)21-32(41)44-36(3,4)5)33(23-11-13-25(38)14-12-23)34-29-17-15-26(39)19-24(29)9-8-10-31(34)40-35/h11-19,22,27-28H,8-10,20-21,39H2,1-7H3/b18-16+/t27-,28-/m1/s1. The van der Waals surface area contributed by atoms with Crippen molar-refractivity contribution < 1.29 is 23.4 Å². The van der Waals surface area contributed by atoms with E-state index in [-0.39, 0.29) is 36.3 Å². The third-order valence-electron chi connectivity index (χ3n) is 7.95. The molecule has 1 fully saturated rings. The molecule has 2 aromatic carbocycles. The van der Waals surface area contributed by atoms with Gasteiger partial charge in [-0.2, -0.15) is 0 Å². The van der Waals surface area contributed by atoms with Crippen molar-refractivity contribution in [3.8, 4) is 22.3 Å². The van der Waals surface area contributed by atoms with Crippen LogP contribution in [0.1, 0.15) is 96.2 Å². The summed E-state index contributed by atoms with van der Waals surface area (Å²) >= 11 is 0. The summed E-state index contributed by atoms with van der Waals surface area (Å²) in [4.78, 5) is 17.9. The number of ether oxygens (including phenoxy) is 3. The second-order valence-corrected chi connectivity index (χ2v) is 13.7. The fraction of sp³-hybridized carbons (Fsp3) is 0.459. The minimum absolute atomic E-state index is 0.139. The molecule has 2 atom stereocenters. The Morgan fingerprint density at radius 1 is 1.11 bits per heavy atom. The monoisotopic (exact) mass is 600 g/mol. The van der Waals surface area contributed by atoms with Crippen LogP contribution >= 0.6 is 0 Å². The average molecular weight is 601 g/mol. The zero-order valence-electron chi connectivity index (χ0n) is 27.0. The van der Waals surface area contributed by atoms with Gasteiger partial charge in [-0.3, -0.25) is 9.78 Å². The van der Waals surface area contributed by atoms with Crippen LogP contribution in [0.5, 0.6) is 0 Å². The maximum absolute atomic E-state index is 14.2. The Morgan fingerprint density at radius 3 is 2.52 bits per heavy atom. The Kier molecular flexibility index (Phi) is 9.01. The van der Waals surface area contributed by atoms with Crippen LogP contribution in [0.3, 0.4) is 0 Å². The molecule has 0 saturated carbocycles. The number of hydrogen-bond acceptors (Lipinski definition) is 6. The van der Waals surface area contributed by atoms with E-state index < -0.39 is 11.4 Å². The van der Waals surface area contributed by atoms with Gasteiger partial charge in [-0.25, -0.2) is 4.39 Å². The van der Waals surface area contributed by atoms with Gasteiger partial charge in [-0.05, 0) is 101 Å². The SMILES string of the molecule is CC(C)c1nc2c(c(-c3ccc(F)cc3)c1/C=C/[C@@H]1C[C@H](CC(=O)OC(C)(C)C)OC(C)(C)O1)-c1ccc(N)cc1CCC2. The molecule has 6 nitrogen and oxygen atoms in total. The number of benzene rings is 2. The summed E-state index contributed by atoms with van der Waals surface area (Å²) in [6.45, 7) is 13.6. The molecule has 1 aliphatic heterocycles. The van der Waals surface area contributed by atoms with Crippen molar-refractivity contribution >= 4 is 17.7 Å². The van der Waals surface area contributed by atoms with Crippen molar-refractivity contribution in [2.75, 3.05) is 5.73 Å². The lowest BCUT2D eigenvalue weighted by atomic mass is 9.85. The highest BCUT2D eigenvalue weighted by Crippen LogP contribution is 2.44. The van der Waals surface area contributed by atoms with Crippen LogP contribution in [-0.2, 0) is 31.8 Å². The molecular weight excluding hydrogens is 555 g/mol. The number of nitrogens with zero attached hydrogens (tertiary/aromatic N) is 1. The Morgan fingerprint density at radius 2 is 1.84 bits per heavy atom. The number of carbonyl (C=O) groups excluding carboxylic acids is 1. The number of pyridine rings is 1. The van der Waals surface area contributed by atoms with E-state index in [2.05, 4.69) is 38.1 Å². The van der Waals surface area contributed by atoms with E-state index in [0.29, 0.717) is 6.42 Å². The summed E-state index contributed by atoms with van der Waals surface area (Å²) in [6, 6.07) is 12.8. The minimum atomic E-state index is -0.883. The molecule has 0 amide bonds.